The molecule has 4 heterocycles. The summed E-state index contributed by atoms with van der Waals surface area (Å²) in [5.74, 6) is -1.33. The van der Waals surface area contributed by atoms with Crippen LogP contribution in [0.2, 0.25) is 0 Å². The van der Waals surface area contributed by atoms with Crippen LogP contribution >= 0.6 is 0 Å². The van der Waals surface area contributed by atoms with Crippen molar-refractivity contribution in [2.24, 2.45) is 11.5 Å². The number of hydrogen-bond donors (Lipinski definition) is 14. The van der Waals surface area contributed by atoms with Crippen molar-refractivity contribution in [3.8, 4) is 0 Å². The van der Waals surface area contributed by atoms with E-state index in [0.29, 0.717) is 0 Å². The van der Waals surface area contributed by atoms with Crippen LogP contribution in [0.4, 0.5) is 0 Å². The molecule has 0 aromatic rings. The SMILES string of the molecule is CC(=O)N[C@H]1[C@H](O[C@H]2[C@H](O)[C@@H](N)[C@H](O)O[C@@H]2CO)OC(CO)[C@@H](O[C@@H]2O[C@H](CO)[C@@H](O[C@@H]3O[C@H](CO)[C@@H](O)[C@H](O)[C@H]3NC(C)=O)[C@H](O)[C@H]2N)[C@@H]1O. The standard InChI is InChI=1S/C28H50N4O19/c1-7(37)31-15-20(42)17(39)9(3-33)46-27(15)51-23-11(5-35)47-26(14(30)19(23)41)49-24-12(6-36)48-28(16(21(24)43)32-8(2)38)50-22-10(4-34)45-25(44)13(29)18(22)40/h9-28,33-36,39-44H,3-6,29-30H2,1-2H3,(H,31,37)(H,32,38)/t9-,10-,11-,12?,13-,14-,15-,16-,17-,18-,19-,20-,21-,22-,23-,24-,25-,26+,27+,28+/m1/s1. The van der Waals surface area contributed by atoms with Crippen molar-refractivity contribution >= 4 is 11.8 Å². The highest BCUT2D eigenvalue weighted by molar-refractivity contribution is 5.73. The van der Waals surface area contributed by atoms with Crippen LogP contribution in [0, 0.1) is 0 Å². The van der Waals surface area contributed by atoms with Crippen LogP contribution in [-0.2, 0) is 42.7 Å². The number of ether oxygens (including phenoxy) is 7. The van der Waals surface area contributed by atoms with E-state index >= 15 is 0 Å². The normalized spacial score (nSPS) is 47.8. The van der Waals surface area contributed by atoms with Crippen molar-refractivity contribution in [3.63, 3.8) is 0 Å². The number of aliphatic hydroxyl groups is 10. The van der Waals surface area contributed by atoms with E-state index in [2.05, 4.69) is 10.6 Å². The zero-order valence-corrected chi connectivity index (χ0v) is 27.7. The molecule has 0 spiro atoms. The van der Waals surface area contributed by atoms with Crippen LogP contribution in [0.15, 0.2) is 0 Å². The lowest BCUT2D eigenvalue weighted by molar-refractivity contribution is -0.360. The highest BCUT2D eigenvalue weighted by Crippen LogP contribution is 2.33. The molecule has 4 aliphatic rings. The molecule has 0 aromatic heterocycles. The van der Waals surface area contributed by atoms with Gasteiger partial charge in [0.25, 0.3) is 0 Å². The van der Waals surface area contributed by atoms with Gasteiger partial charge in [0.05, 0.1) is 38.5 Å². The van der Waals surface area contributed by atoms with Gasteiger partial charge in [-0.05, 0) is 0 Å². The number of rotatable bonds is 12. The van der Waals surface area contributed by atoms with Crippen molar-refractivity contribution in [1.82, 2.24) is 10.6 Å². The molecule has 51 heavy (non-hydrogen) atoms. The summed E-state index contributed by atoms with van der Waals surface area (Å²) in [5, 5.41) is 109. The topological polar surface area (TPSA) is 377 Å². The van der Waals surface area contributed by atoms with Crippen molar-refractivity contribution in [1.29, 1.82) is 0 Å². The smallest absolute Gasteiger partial charge is 0.217 e. The van der Waals surface area contributed by atoms with Crippen LogP contribution in [-0.4, -0.2) is 212 Å². The van der Waals surface area contributed by atoms with Crippen molar-refractivity contribution in [2.75, 3.05) is 26.4 Å². The van der Waals surface area contributed by atoms with E-state index < -0.39 is 161 Å². The lowest BCUT2D eigenvalue weighted by Crippen LogP contribution is -2.71. The Morgan fingerprint density at radius 3 is 1.37 bits per heavy atom. The first kappa shape index (κ1) is 41.9. The maximum absolute atomic E-state index is 12.2. The average molecular weight is 747 g/mol. The fourth-order valence-electron chi connectivity index (χ4n) is 6.44. The second-order valence-electron chi connectivity index (χ2n) is 12.8. The lowest BCUT2D eigenvalue weighted by atomic mass is 9.93. The molecule has 1 unspecified atom stereocenters. The van der Waals surface area contributed by atoms with Gasteiger partial charge in [0.15, 0.2) is 25.2 Å². The minimum Gasteiger partial charge on any atom is -0.394 e. The Balaban J connectivity index is 1.52. The number of nitrogens with one attached hydrogen (secondary N) is 2. The fraction of sp³-hybridized carbons (Fsp3) is 0.929. The molecule has 296 valence electrons. The first-order valence-electron chi connectivity index (χ1n) is 16.2. The quantitative estimate of drug-likeness (QED) is 0.0881. The summed E-state index contributed by atoms with van der Waals surface area (Å²) in [4.78, 5) is 24.0. The van der Waals surface area contributed by atoms with E-state index in [1.54, 1.807) is 0 Å². The fourth-order valence-corrected chi connectivity index (χ4v) is 6.44. The molecule has 4 rings (SSSR count). The van der Waals surface area contributed by atoms with Gasteiger partial charge >= 0.3 is 0 Å². The molecule has 0 aromatic carbocycles. The molecule has 0 radical (unpaired) electrons. The number of carbonyl (C=O) groups excluding carboxylic acids is 2. The largest absolute Gasteiger partial charge is 0.394 e. The van der Waals surface area contributed by atoms with Gasteiger partial charge < -0.3 is 106 Å². The third-order valence-corrected chi connectivity index (χ3v) is 9.17. The number of aliphatic hydroxyl groups excluding tert-OH is 10. The molecule has 0 saturated carbocycles. The Morgan fingerprint density at radius 2 is 0.902 bits per heavy atom. The van der Waals surface area contributed by atoms with Gasteiger partial charge in [0.2, 0.25) is 11.8 Å². The summed E-state index contributed by atoms with van der Waals surface area (Å²) < 4.78 is 39.9. The molecule has 23 nitrogen and oxygen atoms in total. The van der Waals surface area contributed by atoms with Gasteiger partial charge in [0, 0.05) is 13.8 Å². The van der Waals surface area contributed by atoms with Crippen LogP contribution in [0.1, 0.15) is 13.8 Å². The monoisotopic (exact) mass is 746 g/mol. The first-order chi connectivity index (χ1) is 24.1. The van der Waals surface area contributed by atoms with Crippen molar-refractivity contribution in [3.05, 3.63) is 0 Å². The zero-order valence-electron chi connectivity index (χ0n) is 27.7. The van der Waals surface area contributed by atoms with E-state index in [4.69, 9.17) is 44.6 Å². The lowest BCUT2D eigenvalue weighted by Gasteiger charge is -2.50. The van der Waals surface area contributed by atoms with E-state index in [9.17, 15) is 60.7 Å². The second kappa shape index (κ2) is 18.0. The average Bonchev–Trinajstić information content (AvgIpc) is 3.09. The predicted octanol–water partition coefficient (Wildman–Crippen LogP) is -9.53. The van der Waals surface area contributed by atoms with Crippen molar-refractivity contribution in [2.45, 2.75) is 136 Å². The number of carbonyl (C=O) groups is 2. The minimum absolute atomic E-state index is 0.647. The zero-order chi connectivity index (χ0) is 37.9. The van der Waals surface area contributed by atoms with E-state index in [-0.39, 0.29) is 0 Å². The van der Waals surface area contributed by atoms with Crippen LogP contribution in [0.25, 0.3) is 0 Å². The minimum atomic E-state index is -1.79. The first-order valence-corrected chi connectivity index (χ1v) is 16.2. The molecular formula is C28H50N4O19. The third-order valence-electron chi connectivity index (χ3n) is 9.17. The third kappa shape index (κ3) is 9.11. The molecule has 20 atom stereocenters. The molecule has 4 saturated heterocycles. The van der Waals surface area contributed by atoms with E-state index in [1.165, 1.54) is 0 Å². The molecule has 4 aliphatic heterocycles. The Hall–Kier alpha value is -1.82. The van der Waals surface area contributed by atoms with E-state index in [0.717, 1.165) is 13.8 Å². The number of nitrogens with two attached hydrogens (primary N) is 2. The maximum Gasteiger partial charge on any atom is 0.217 e. The Morgan fingerprint density at radius 1 is 0.529 bits per heavy atom. The van der Waals surface area contributed by atoms with Gasteiger partial charge in [-0.15, -0.1) is 0 Å². The summed E-state index contributed by atoms with van der Waals surface area (Å²) in [6, 6.07) is -5.81. The molecular weight excluding hydrogens is 696 g/mol. The van der Waals surface area contributed by atoms with Crippen molar-refractivity contribution < 1.29 is 93.8 Å². The van der Waals surface area contributed by atoms with Gasteiger partial charge in [-0.1, -0.05) is 0 Å². The van der Waals surface area contributed by atoms with Gasteiger partial charge in [-0.25, -0.2) is 0 Å². The molecule has 16 N–H and O–H groups in total. The number of hydrogen-bond acceptors (Lipinski definition) is 21. The molecule has 4 fully saturated rings. The number of amides is 2. The van der Waals surface area contributed by atoms with Gasteiger partial charge in [-0.2, -0.15) is 0 Å². The van der Waals surface area contributed by atoms with Crippen LogP contribution in [0.3, 0.4) is 0 Å². The Kier molecular flexibility index (Phi) is 14.8. The predicted molar refractivity (Wildman–Crippen MR) is 161 cm³/mol. The summed E-state index contributed by atoms with van der Waals surface area (Å²) >= 11 is 0. The molecule has 2 amide bonds. The molecule has 0 bridgehead atoms. The molecule has 23 heteroatoms. The Bertz CT molecular complexity index is 1140. The van der Waals surface area contributed by atoms with Crippen LogP contribution in [0.5, 0.6) is 0 Å². The maximum atomic E-state index is 12.2. The second-order valence-corrected chi connectivity index (χ2v) is 12.8. The summed E-state index contributed by atoms with van der Waals surface area (Å²) in [7, 11) is 0. The summed E-state index contributed by atoms with van der Waals surface area (Å²) in [6.07, 6.45) is -25.2. The van der Waals surface area contributed by atoms with Gasteiger partial charge in [-0.3, -0.25) is 9.59 Å². The van der Waals surface area contributed by atoms with E-state index in [1.807, 2.05) is 0 Å². The summed E-state index contributed by atoms with van der Waals surface area (Å²) in [6.45, 7) is -0.964. The highest BCUT2D eigenvalue weighted by Gasteiger charge is 2.55. The highest BCUT2D eigenvalue weighted by atomic mass is 16.8. The Labute approximate surface area is 290 Å². The molecule has 0 aliphatic carbocycles. The summed E-state index contributed by atoms with van der Waals surface area (Å²) in [5.41, 5.74) is 12.0. The van der Waals surface area contributed by atoms with Crippen LogP contribution < -0.4 is 22.1 Å². The van der Waals surface area contributed by atoms with Gasteiger partial charge in [0.1, 0.15) is 85.3 Å².